The summed E-state index contributed by atoms with van der Waals surface area (Å²) >= 11 is 4.99. The summed E-state index contributed by atoms with van der Waals surface area (Å²) in [5.41, 5.74) is -2.72. The summed E-state index contributed by atoms with van der Waals surface area (Å²) in [4.78, 5) is 207. The molecule has 1 fully saturated rings. The number of rotatable bonds is 16. The third kappa shape index (κ3) is 21.2. The van der Waals surface area contributed by atoms with Crippen LogP contribution in [0.1, 0.15) is 203 Å². The highest BCUT2D eigenvalue weighted by molar-refractivity contribution is 8.14. The second-order valence-corrected chi connectivity index (χ2v) is 36.6. The first-order valence-corrected chi connectivity index (χ1v) is 45.1. The van der Waals surface area contributed by atoms with Crippen LogP contribution in [0.25, 0.3) is 6.08 Å². The number of cyclic esters (lactones) is 1. The largest absolute Gasteiger partial charge is 0.455 e. The third-order valence-corrected chi connectivity index (χ3v) is 27.9. The summed E-state index contributed by atoms with van der Waals surface area (Å²) in [5.74, 6) is -13.0. The van der Waals surface area contributed by atoms with E-state index in [-0.39, 0.29) is 89.0 Å². The predicted octanol–water partition coefficient (Wildman–Crippen LogP) is -1.84. The second kappa shape index (κ2) is 40.5. The van der Waals surface area contributed by atoms with Gasteiger partial charge in [-0.3, -0.25) is 68.0 Å². The lowest BCUT2D eigenvalue weighted by Gasteiger charge is -2.41. The van der Waals surface area contributed by atoms with Crippen LogP contribution in [0.3, 0.4) is 0 Å². The Morgan fingerprint density at radius 3 is 2.14 bits per heavy atom. The Morgan fingerprint density at radius 2 is 1.47 bits per heavy atom. The Morgan fingerprint density at radius 1 is 0.778 bits per heavy atom. The molecule has 0 radical (unpaired) electrons. The molecule has 1 unspecified atom stereocenters. The minimum absolute atomic E-state index is 0.0173. The van der Waals surface area contributed by atoms with Gasteiger partial charge in [0.25, 0.3) is 29.5 Å². The van der Waals surface area contributed by atoms with E-state index in [0.717, 1.165) is 57.1 Å². The summed E-state index contributed by atoms with van der Waals surface area (Å²) in [6, 6.07) is -13.4. The maximum atomic E-state index is 15.5. The van der Waals surface area contributed by atoms with Gasteiger partial charge in [0, 0.05) is 38.6 Å². The molecule has 10 heterocycles. The molecule has 0 spiro atoms. The van der Waals surface area contributed by atoms with E-state index in [0.29, 0.717) is 18.2 Å². The molecular formula is C78H97N19O23S6. The maximum absolute atomic E-state index is 15.5. The van der Waals surface area contributed by atoms with Gasteiger partial charge in [-0.05, 0) is 85.8 Å². The van der Waals surface area contributed by atoms with Gasteiger partial charge in [0.1, 0.15) is 149 Å². The molecule has 48 heteroatoms. The van der Waals surface area contributed by atoms with Gasteiger partial charge in [-0.25, -0.2) is 29.7 Å². The monoisotopic (exact) mass is 1860 g/mol. The van der Waals surface area contributed by atoms with Crippen LogP contribution >= 0.6 is 68.9 Å². The van der Waals surface area contributed by atoms with E-state index in [1.165, 1.54) is 101 Å². The van der Waals surface area contributed by atoms with Crippen LogP contribution in [-0.2, 0) is 53.4 Å². The molecule has 5 aliphatic heterocycles. The molecule has 23 atom stereocenters. The lowest BCUT2D eigenvalue weighted by atomic mass is 9.80. The van der Waals surface area contributed by atoms with Crippen LogP contribution in [0, 0.1) is 5.92 Å². The number of nitrogens with two attached hydrogens (primary N) is 1. The van der Waals surface area contributed by atoms with E-state index in [1.54, 1.807) is 13.8 Å². The van der Waals surface area contributed by atoms with Gasteiger partial charge in [-0.15, -0.1) is 68.9 Å². The lowest BCUT2D eigenvalue weighted by Crippen LogP contribution is -2.58. The third-order valence-electron chi connectivity index (χ3n) is 21.8. The molecule has 6 aliphatic rings. The van der Waals surface area contributed by atoms with Crippen LogP contribution in [0.5, 0.6) is 0 Å². The number of ether oxygens (including phenoxy) is 2. The number of nitrogens with one attached hydrogen (secondary N) is 11. The fourth-order valence-electron chi connectivity index (χ4n) is 13.9. The molecule has 11 amide bonds. The summed E-state index contributed by atoms with van der Waals surface area (Å²) in [5, 5.41) is 133. The Labute approximate surface area is 744 Å². The molecule has 126 heavy (non-hydrogen) atoms. The van der Waals surface area contributed by atoms with E-state index >= 15 is 14.4 Å². The number of primary amides is 1. The Kier molecular flexibility index (Phi) is 31.0. The quantitative estimate of drug-likeness (QED) is 0.0381. The molecule has 11 rings (SSSR count). The van der Waals surface area contributed by atoms with E-state index < -0.39 is 244 Å². The summed E-state index contributed by atoms with van der Waals surface area (Å²) in [6.07, 6.45) is -9.94. The van der Waals surface area contributed by atoms with Gasteiger partial charge in [0.2, 0.25) is 35.4 Å². The number of aliphatic hydroxyl groups excluding tert-OH is 8. The van der Waals surface area contributed by atoms with Crippen molar-refractivity contribution >= 4 is 157 Å². The van der Waals surface area contributed by atoms with Crippen LogP contribution in [0.15, 0.2) is 80.0 Å². The number of aliphatic hydroxyl groups is 9. The zero-order chi connectivity index (χ0) is 92.2. The lowest BCUT2D eigenvalue weighted by molar-refractivity contribution is -0.205. The number of aliphatic imine (C=N–C) groups is 2. The minimum atomic E-state index is -2.23. The average molecular weight is 1860 g/mol. The molecule has 0 saturated carbocycles. The number of nitrogens with zero attached hydrogens (tertiary/aromatic N) is 7. The van der Waals surface area contributed by atoms with E-state index in [1.807, 2.05) is 0 Å². The van der Waals surface area contributed by atoms with Gasteiger partial charge < -0.3 is 114 Å². The molecule has 13 bridgehead atoms. The van der Waals surface area contributed by atoms with E-state index in [9.17, 15) is 89.1 Å². The number of carbonyl (C=O) groups excluding carboxylic acids is 12. The van der Waals surface area contributed by atoms with Crippen molar-refractivity contribution in [2.75, 3.05) is 18.1 Å². The minimum Gasteiger partial charge on any atom is -0.455 e. The number of amides is 11. The number of hydrogen-bond acceptors (Lipinski definition) is 37. The molecular weight excluding hydrogens is 1760 g/mol. The summed E-state index contributed by atoms with van der Waals surface area (Å²) in [6.45, 7) is 20.8. The first-order chi connectivity index (χ1) is 59.5. The van der Waals surface area contributed by atoms with Crippen molar-refractivity contribution < 1.29 is 113 Å². The van der Waals surface area contributed by atoms with Crippen LogP contribution in [0.2, 0.25) is 0 Å². The number of pyridine rings is 1. The Hall–Kier alpha value is -10.1. The second-order valence-electron chi connectivity index (χ2n) is 31.0. The van der Waals surface area contributed by atoms with Crippen molar-refractivity contribution in [1.82, 2.24) is 83.4 Å². The molecule has 5 aromatic heterocycles. The number of allylic oxidation sites excluding steroid dienone is 1. The number of fused-ring (bicyclic) bond motifs is 7. The smallest absolute Gasteiger partial charge is 0.357 e. The number of aromatic nitrogens is 5. The Balaban J connectivity index is 1.05. The van der Waals surface area contributed by atoms with Gasteiger partial charge in [0.05, 0.1) is 71.2 Å². The molecule has 1 aliphatic carbocycles. The molecule has 22 N–H and O–H groups in total. The van der Waals surface area contributed by atoms with Crippen LogP contribution < -0.4 is 64.2 Å². The van der Waals surface area contributed by atoms with Crippen molar-refractivity contribution in [3.63, 3.8) is 0 Å². The van der Waals surface area contributed by atoms with Crippen molar-refractivity contribution in [3.8, 4) is 0 Å². The first-order valence-electron chi connectivity index (χ1n) is 39.6. The summed E-state index contributed by atoms with van der Waals surface area (Å²) in [7, 11) is 0. The Bertz CT molecular complexity index is 5220. The number of thiazole rings is 4. The number of carbonyl (C=O) groups is 12. The molecule has 42 nitrogen and oxygen atoms in total. The van der Waals surface area contributed by atoms with Gasteiger partial charge in [-0.1, -0.05) is 51.7 Å². The van der Waals surface area contributed by atoms with Crippen LogP contribution in [-0.4, -0.2) is 267 Å². The van der Waals surface area contributed by atoms with E-state index in [2.05, 4.69) is 91.6 Å². The maximum Gasteiger partial charge on any atom is 0.357 e. The number of hydrogen-bond donors (Lipinski definition) is 21. The van der Waals surface area contributed by atoms with Crippen molar-refractivity contribution in [3.05, 3.63) is 135 Å². The number of thioether (sulfide) groups is 2. The highest BCUT2D eigenvalue weighted by atomic mass is 32.2. The van der Waals surface area contributed by atoms with Crippen molar-refractivity contribution in [2.45, 2.75) is 220 Å². The molecule has 678 valence electrons. The standard InChI is InChI=1S/C78H97N19O23S6/c1-13-27(3)49-68(115)83-29(5)61(108)80-28(4)60(107)81-31(7)63(110)97-78-18-17-40(71-91-44(23-122-71)64(111)82-30(6)62(109)88-43(59(79)106)22-125-75-56(105)55(104)54(103)48(20-98)120-75)86-57(78)42-21-123-72(89-42)51(34(10)119-74(117)41-19-37(32(8)99)36-15-16-39(84-49)53(102)52(36)85-41)95-65(112)45-25-124-73(92-45)58(77(12,118)35(11)101)96-67(114)46-24-121-70(90-46)38(14-2)87-69(116)50(33(9)100)94-66(113)47-26-126-76(78)93-47/h14-16,19,21,23,25-27,29,31-35,39,43,46,48-51,53-58,75,84,98-105,118H,4,6,13,17-18,20,22,24H2,1-3,5,7-12H3,(H2,79,106)(H,80,108)(H,81,107)(H,82,111)(H,83,115)(H,87,116)(H,88,109)(H,94,113)(H,95,112)(H,96,114)(H,97,110)/b38-14-/t27-,29-,31-,32-,33+,34+,35-,39+,43?,46+,48+,49-,50-,51-,53-,54+,55-,56+,57+,58+,75-,77+,78+/m0/s1. The SMILES string of the molecule is C=C(NC(=O)c1csc(C2=N[C@@H]3c4csc(n4)[C@H]4NC(=O)c5csc(n5)[C@H]([C@](C)(O)[C@H](C)O)NC(=O)[C@H]5CSC(=N5)/C(=C/C)NC(=O)[C@H]([C@@H](C)O)NC(=O)c5csc(n5)[C@]3(CC2)NC(=O)[C@H](C)NC(=O)C(=C)NC(=O)[C@H](C)NC(=O)[C@H]([C@@H](C)CC)N[C@@H]2C=Cc3c([C@H](C)O)cc(nc3[C@H]2O)C(=O)O[C@@H]4C)n1)C(=O)NC(CS[C@@H]1O[C@H](CO)[C@@H](O)[C@H](O)[C@H]1O)C(N)=O. The highest BCUT2D eigenvalue weighted by Gasteiger charge is 2.52. The van der Waals surface area contributed by atoms with E-state index in [4.69, 9.17) is 30.2 Å². The van der Waals surface area contributed by atoms with Gasteiger partial charge in [0.15, 0.2) is 0 Å². The van der Waals surface area contributed by atoms with Crippen LogP contribution in [0.4, 0.5) is 0 Å². The zero-order valence-electron chi connectivity index (χ0n) is 69.3. The van der Waals surface area contributed by atoms with Gasteiger partial charge in [-0.2, -0.15) is 0 Å². The predicted molar refractivity (Wildman–Crippen MR) is 459 cm³/mol. The number of esters is 1. The normalized spacial score (nSPS) is 29.4. The molecule has 1 saturated heterocycles. The van der Waals surface area contributed by atoms with Crippen molar-refractivity contribution in [2.24, 2.45) is 21.6 Å². The average Bonchev–Trinajstić information content (AvgIpc) is 1.50. The first kappa shape index (κ1) is 96.5. The van der Waals surface area contributed by atoms with Gasteiger partial charge >= 0.3 is 5.97 Å². The summed E-state index contributed by atoms with van der Waals surface area (Å²) < 4.78 is 11.8. The molecule has 5 aromatic rings. The fourth-order valence-corrected chi connectivity index (χ4v) is 20.0. The zero-order valence-corrected chi connectivity index (χ0v) is 74.2. The van der Waals surface area contributed by atoms with Crippen molar-refractivity contribution in [1.29, 1.82) is 0 Å². The topological polar surface area (TPSA) is 653 Å². The fraction of sp³-hybridized carbons (Fsp3) is 0.500. The molecule has 0 aromatic carbocycles. The highest BCUT2D eigenvalue weighted by Crippen LogP contribution is 2.48.